The Morgan fingerprint density at radius 1 is 1.00 bits per heavy atom. The van der Waals surface area contributed by atoms with Crippen molar-refractivity contribution in [2.24, 2.45) is 0 Å². The molecule has 2 aromatic carbocycles. The summed E-state index contributed by atoms with van der Waals surface area (Å²) in [4.78, 5) is 30.3. The highest BCUT2D eigenvalue weighted by Gasteiger charge is 2.23. The zero-order chi connectivity index (χ0) is 22.9. The van der Waals surface area contributed by atoms with Gasteiger partial charge in [-0.2, -0.15) is 5.10 Å². The van der Waals surface area contributed by atoms with Crippen LogP contribution >= 0.6 is 0 Å². The molecule has 0 spiro atoms. The predicted octanol–water partition coefficient (Wildman–Crippen LogP) is 2.31. The molecular formula is C25H27N5O3. The SMILES string of the molecule is COc1cccc2c1cc1c(=O)n(CC(=O)N3CCN(Cc4ccccc4)CC3)nc(C)n12. The van der Waals surface area contributed by atoms with Crippen LogP contribution in [0.3, 0.4) is 0 Å². The third-order valence-electron chi connectivity index (χ3n) is 6.33. The first-order chi connectivity index (χ1) is 16.0. The van der Waals surface area contributed by atoms with Crippen LogP contribution in [-0.2, 0) is 17.9 Å². The van der Waals surface area contributed by atoms with E-state index in [4.69, 9.17) is 4.74 Å². The lowest BCUT2D eigenvalue weighted by molar-refractivity contribution is -0.133. The molecule has 8 heteroatoms. The molecule has 8 nitrogen and oxygen atoms in total. The van der Waals surface area contributed by atoms with Gasteiger partial charge in [0.2, 0.25) is 5.91 Å². The number of nitrogens with zero attached hydrogens (tertiary/aromatic N) is 5. The number of benzene rings is 2. The minimum Gasteiger partial charge on any atom is -0.496 e. The fourth-order valence-corrected chi connectivity index (χ4v) is 4.62. The second kappa shape index (κ2) is 8.71. The van der Waals surface area contributed by atoms with Crippen LogP contribution in [0.15, 0.2) is 59.4 Å². The molecule has 1 amide bonds. The molecule has 1 aliphatic rings. The quantitative estimate of drug-likeness (QED) is 0.472. The van der Waals surface area contributed by atoms with Crippen molar-refractivity contribution in [1.29, 1.82) is 0 Å². The molecule has 0 saturated carbocycles. The Hall–Kier alpha value is -3.65. The van der Waals surface area contributed by atoms with Gasteiger partial charge in [-0.1, -0.05) is 36.4 Å². The van der Waals surface area contributed by atoms with Crippen LogP contribution in [-0.4, -0.2) is 63.2 Å². The monoisotopic (exact) mass is 445 g/mol. The fourth-order valence-electron chi connectivity index (χ4n) is 4.62. The largest absolute Gasteiger partial charge is 0.496 e. The Morgan fingerprint density at radius 3 is 2.48 bits per heavy atom. The Labute approximate surface area is 191 Å². The smallest absolute Gasteiger partial charge is 0.291 e. The maximum atomic E-state index is 13.2. The number of amides is 1. The average molecular weight is 446 g/mol. The van der Waals surface area contributed by atoms with Gasteiger partial charge in [0.1, 0.15) is 23.6 Å². The molecule has 0 aliphatic carbocycles. The lowest BCUT2D eigenvalue weighted by Crippen LogP contribution is -2.49. The van der Waals surface area contributed by atoms with Gasteiger partial charge in [-0.3, -0.25) is 18.9 Å². The number of fused-ring (bicyclic) bond motifs is 3. The highest BCUT2D eigenvalue weighted by molar-refractivity contribution is 5.92. The summed E-state index contributed by atoms with van der Waals surface area (Å²) in [6.45, 7) is 5.57. The summed E-state index contributed by atoms with van der Waals surface area (Å²) in [5, 5.41) is 5.30. The Morgan fingerprint density at radius 2 is 1.76 bits per heavy atom. The fraction of sp³-hybridized carbons (Fsp3) is 0.320. The van der Waals surface area contributed by atoms with Gasteiger partial charge in [-0.25, -0.2) is 4.68 Å². The molecule has 1 saturated heterocycles. The Balaban J connectivity index is 1.33. The van der Waals surface area contributed by atoms with Crippen LogP contribution in [0.2, 0.25) is 0 Å². The van der Waals surface area contributed by atoms with E-state index in [0.717, 1.165) is 30.5 Å². The number of aromatic nitrogens is 3. The van der Waals surface area contributed by atoms with Crippen molar-refractivity contribution in [3.63, 3.8) is 0 Å². The third kappa shape index (κ3) is 3.98. The molecule has 0 radical (unpaired) electrons. The van der Waals surface area contributed by atoms with Gasteiger partial charge in [0, 0.05) is 38.1 Å². The summed E-state index contributed by atoms with van der Waals surface area (Å²) in [5.41, 5.74) is 2.34. The number of piperazine rings is 1. The lowest BCUT2D eigenvalue weighted by atomic mass is 10.2. The zero-order valence-electron chi connectivity index (χ0n) is 18.9. The first-order valence-corrected chi connectivity index (χ1v) is 11.1. The second-order valence-electron chi connectivity index (χ2n) is 8.41. The highest BCUT2D eigenvalue weighted by Crippen LogP contribution is 2.28. The first-order valence-electron chi connectivity index (χ1n) is 11.1. The topological polar surface area (TPSA) is 72.1 Å². The molecule has 5 rings (SSSR count). The first kappa shape index (κ1) is 21.2. The van der Waals surface area contributed by atoms with Crippen molar-refractivity contribution in [2.75, 3.05) is 33.3 Å². The Bertz CT molecular complexity index is 1370. The number of hydrogen-bond donors (Lipinski definition) is 0. The van der Waals surface area contributed by atoms with Crippen molar-refractivity contribution < 1.29 is 9.53 Å². The van der Waals surface area contributed by atoms with Crippen LogP contribution in [0.25, 0.3) is 16.4 Å². The van der Waals surface area contributed by atoms with E-state index in [9.17, 15) is 9.59 Å². The second-order valence-corrected chi connectivity index (χ2v) is 8.41. The van der Waals surface area contributed by atoms with Crippen molar-refractivity contribution in [3.8, 4) is 5.75 Å². The number of hydrogen-bond acceptors (Lipinski definition) is 5. The molecule has 3 heterocycles. The predicted molar refractivity (Wildman–Crippen MR) is 127 cm³/mol. The van der Waals surface area contributed by atoms with Crippen molar-refractivity contribution in [1.82, 2.24) is 24.0 Å². The van der Waals surface area contributed by atoms with E-state index in [2.05, 4.69) is 22.1 Å². The molecule has 1 fully saturated rings. The van der Waals surface area contributed by atoms with Gasteiger partial charge in [0.15, 0.2) is 0 Å². The number of aryl methyl sites for hydroxylation is 1. The van der Waals surface area contributed by atoms with E-state index in [1.807, 2.05) is 58.7 Å². The van der Waals surface area contributed by atoms with Crippen LogP contribution in [0.4, 0.5) is 0 Å². The molecule has 4 aromatic rings. The van der Waals surface area contributed by atoms with Crippen molar-refractivity contribution in [3.05, 3.63) is 76.3 Å². The zero-order valence-corrected chi connectivity index (χ0v) is 18.9. The summed E-state index contributed by atoms with van der Waals surface area (Å²) in [6.07, 6.45) is 0. The summed E-state index contributed by atoms with van der Waals surface area (Å²) in [7, 11) is 1.61. The van der Waals surface area contributed by atoms with Crippen LogP contribution in [0.1, 0.15) is 11.4 Å². The van der Waals surface area contributed by atoms with Crippen molar-refractivity contribution in [2.45, 2.75) is 20.0 Å². The molecular weight excluding hydrogens is 418 g/mol. The number of carbonyl (C=O) groups excluding carboxylic acids is 1. The van der Waals surface area contributed by atoms with Gasteiger partial charge in [0.05, 0.1) is 12.6 Å². The van der Waals surface area contributed by atoms with E-state index < -0.39 is 0 Å². The standard InChI is InChI=1S/C25H27N5O3/c1-18-26-29(25(32)22-15-20-21(30(18)22)9-6-10-23(20)33-2)17-24(31)28-13-11-27(12-14-28)16-19-7-4-3-5-8-19/h3-10,15H,11-14,16-17H2,1-2H3. The van der Waals surface area contributed by atoms with Gasteiger partial charge >= 0.3 is 0 Å². The minimum absolute atomic E-state index is 0.0620. The average Bonchev–Trinajstić information content (AvgIpc) is 3.24. The normalized spacial score (nSPS) is 14.8. The van der Waals surface area contributed by atoms with Crippen molar-refractivity contribution >= 4 is 22.3 Å². The summed E-state index contributed by atoms with van der Waals surface area (Å²) >= 11 is 0. The molecule has 0 unspecified atom stereocenters. The highest BCUT2D eigenvalue weighted by atomic mass is 16.5. The number of carbonyl (C=O) groups is 1. The molecule has 0 atom stereocenters. The van der Waals surface area contributed by atoms with E-state index >= 15 is 0 Å². The van der Waals surface area contributed by atoms with Gasteiger partial charge in [-0.15, -0.1) is 0 Å². The summed E-state index contributed by atoms with van der Waals surface area (Å²) in [5.74, 6) is 1.26. The van der Waals surface area contributed by atoms with Gasteiger partial charge in [-0.05, 0) is 30.7 Å². The molecule has 1 aliphatic heterocycles. The van der Waals surface area contributed by atoms with Gasteiger partial charge < -0.3 is 9.64 Å². The van der Waals surface area contributed by atoms with E-state index in [1.54, 1.807) is 7.11 Å². The van der Waals surface area contributed by atoms with Crippen LogP contribution in [0.5, 0.6) is 5.75 Å². The maximum absolute atomic E-state index is 13.2. The number of ether oxygens (including phenoxy) is 1. The van der Waals surface area contributed by atoms with E-state index in [0.29, 0.717) is 30.2 Å². The van der Waals surface area contributed by atoms with Crippen LogP contribution in [0, 0.1) is 6.92 Å². The van der Waals surface area contributed by atoms with Crippen LogP contribution < -0.4 is 10.3 Å². The number of methoxy groups -OCH3 is 1. The summed E-state index contributed by atoms with van der Waals surface area (Å²) in [6, 6.07) is 17.8. The van der Waals surface area contributed by atoms with Gasteiger partial charge in [0.25, 0.3) is 5.56 Å². The summed E-state index contributed by atoms with van der Waals surface area (Å²) < 4.78 is 8.56. The number of rotatable bonds is 5. The van der Waals surface area contributed by atoms with E-state index in [-0.39, 0.29) is 18.0 Å². The molecule has 0 N–H and O–H groups in total. The molecule has 2 aromatic heterocycles. The lowest BCUT2D eigenvalue weighted by Gasteiger charge is -2.34. The molecule has 170 valence electrons. The van der Waals surface area contributed by atoms with E-state index in [1.165, 1.54) is 10.2 Å². The third-order valence-corrected chi connectivity index (χ3v) is 6.33. The molecule has 33 heavy (non-hydrogen) atoms. The minimum atomic E-state index is -0.282. The Kier molecular flexibility index (Phi) is 5.60. The maximum Gasteiger partial charge on any atom is 0.291 e. The molecule has 0 bridgehead atoms.